The number of aromatic amines is 1. The molecule has 0 radical (unpaired) electrons. The number of aromatic nitrogens is 2. The van der Waals surface area contributed by atoms with Crippen molar-refractivity contribution in [2.45, 2.75) is 26.4 Å². The van der Waals surface area contributed by atoms with Crippen molar-refractivity contribution in [1.29, 1.82) is 5.26 Å². The van der Waals surface area contributed by atoms with Gasteiger partial charge in [0.25, 0.3) is 5.56 Å². The Balaban J connectivity index is 1.81. The summed E-state index contributed by atoms with van der Waals surface area (Å²) in [5.41, 5.74) is 2.03. The van der Waals surface area contributed by atoms with Crippen LogP contribution in [0.2, 0.25) is 0 Å². The van der Waals surface area contributed by atoms with E-state index in [9.17, 15) is 19.2 Å². The number of hydrazone groups is 1. The first-order valence-electron chi connectivity index (χ1n) is 9.60. The average Bonchev–Trinajstić information content (AvgIpc) is 2.74. The fourth-order valence-corrected chi connectivity index (χ4v) is 2.69. The van der Waals surface area contributed by atoms with Gasteiger partial charge in [-0.2, -0.15) is 10.4 Å². The molecule has 9 heteroatoms. The summed E-state index contributed by atoms with van der Waals surface area (Å²) in [4.78, 5) is 31.0. The minimum atomic E-state index is -0.693. The Bertz CT molecular complexity index is 1270. The summed E-state index contributed by atoms with van der Waals surface area (Å²) in [5.74, 6) is -1.33. The number of carbonyl (C=O) groups is 1. The molecule has 1 heterocycles. The molecule has 0 fully saturated rings. The molecule has 0 saturated heterocycles. The van der Waals surface area contributed by atoms with Crippen molar-refractivity contribution in [3.05, 3.63) is 81.4 Å². The lowest BCUT2D eigenvalue weighted by molar-refractivity contribution is 0.00690. The molecule has 0 unspecified atom stereocenters. The molecule has 3 aromatic rings. The SMILES string of the molecule is CC(C)(C)OC(=O)c1ccc(C=NNc2nc(-c3ccccc3)c(C#N)c(=O)[nH]2)c(F)c1. The summed E-state index contributed by atoms with van der Waals surface area (Å²) in [7, 11) is 0. The monoisotopic (exact) mass is 433 g/mol. The summed E-state index contributed by atoms with van der Waals surface area (Å²) in [6.45, 7) is 5.16. The summed E-state index contributed by atoms with van der Waals surface area (Å²) >= 11 is 0. The maximum absolute atomic E-state index is 14.4. The number of esters is 1. The molecule has 3 rings (SSSR count). The number of ether oxygens (including phenoxy) is 1. The summed E-state index contributed by atoms with van der Waals surface area (Å²) in [5, 5.41) is 13.2. The molecule has 0 amide bonds. The number of halogens is 1. The molecule has 162 valence electrons. The van der Waals surface area contributed by atoms with Crippen LogP contribution in [-0.2, 0) is 4.74 Å². The Morgan fingerprint density at radius 1 is 1.25 bits per heavy atom. The zero-order valence-corrected chi connectivity index (χ0v) is 17.6. The van der Waals surface area contributed by atoms with E-state index in [2.05, 4.69) is 20.5 Å². The number of hydrogen-bond donors (Lipinski definition) is 2. The maximum Gasteiger partial charge on any atom is 0.338 e. The molecule has 2 N–H and O–H groups in total. The normalized spacial score (nSPS) is 11.2. The first kappa shape index (κ1) is 22.4. The molecule has 0 aliphatic rings. The van der Waals surface area contributed by atoms with E-state index in [4.69, 9.17) is 4.74 Å². The highest BCUT2D eigenvalue weighted by Crippen LogP contribution is 2.19. The molecular formula is C23H20FN5O3. The number of H-pyrrole nitrogens is 1. The Kier molecular flexibility index (Phi) is 6.45. The molecule has 0 aliphatic carbocycles. The largest absolute Gasteiger partial charge is 0.456 e. The molecular weight excluding hydrogens is 413 g/mol. The summed E-state index contributed by atoms with van der Waals surface area (Å²) in [6.07, 6.45) is 1.18. The van der Waals surface area contributed by atoms with E-state index in [1.54, 1.807) is 51.1 Å². The van der Waals surface area contributed by atoms with E-state index in [0.29, 0.717) is 5.56 Å². The number of nitrogens with zero attached hydrogens (tertiary/aromatic N) is 3. The van der Waals surface area contributed by atoms with Crippen LogP contribution in [0.15, 0.2) is 58.4 Å². The molecule has 0 spiro atoms. The summed E-state index contributed by atoms with van der Waals surface area (Å²) in [6, 6.07) is 14.5. The predicted octanol–water partition coefficient (Wildman–Crippen LogP) is 3.85. The Morgan fingerprint density at radius 2 is 1.97 bits per heavy atom. The van der Waals surface area contributed by atoms with Crippen molar-refractivity contribution < 1.29 is 13.9 Å². The van der Waals surface area contributed by atoms with Gasteiger partial charge in [-0.25, -0.2) is 19.6 Å². The van der Waals surface area contributed by atoms with E-state index in [1.165, 1.54) is 18.3 Å². The van der Waals surface area contributed by atoms with Gasteiger partial charge in [-0.05, 0) is 39.0 Å². The van der Waals surface area contributed by atoms with Crippen LogP contribution < -0.4 is 11.0 Å². The van der Waals surface area contributed by atoms with Gasteiger partial charge in [-0.15, -0.1) is 0 Å². The molecule has 0 bridgehead atoms. The van der Waals surface area contributed by atoms with E-state index in [-0.39, 0.29) is 28.3 Å². The number of hydrogen-bond acceptors (Lipinski definition) is 7. The van der Waals surface area contributed by atoms with Gasteiger partial charge in [0, 0.05) is 11.1 Å². The Morgan fingerprint density at radius 3 is 2.59 bits per heavy atom. The number of anilines is 1. The molecule has 32 heavy (non-hydrogen) atoms. The van der Waals surface area contributed by atoms with Crippen molar-refractivity contribution in [3.63, 3.8) is 0 Å². The second-order valence-electron chi connectivity index (χ2n) is 7.72. The van der Waals surface area contributed by atoms with E-state index >= 15 is 0 Å². The van der Waals surface area contributed by atoms with Gasteiger partial charge in [0.05, 0.1) is 17.5 Å². The van der Waals surface area contributed by atoms with E-state index in [1.807, 2.05) is 6.07 Å². The van der Waals surface area contributed by atoms with Crippen LogP contribution in [0.5, 0.6) is 0 Å². The zero-order valence-electron chi connectivity index (χ0n) is 17.6. The van der Waals surface area contributed by atoms with Crippen LogP contribution in [0, 0.1) is 17.1 Å². The zero-order chi connectivity index (χ0) is 23.3. The maximum atomic E-state index is 14.4. The van der Waals surface area contributed by atoms with Gasteiger partial charge < -0.3 is 4.74 Å². The molecule has 1 aromatic heterocycles. The van der Waals surface area contributed by atoms with Gasteiger partial charge in [0.1, 0.15) is 23.1 Å². The fraction of sp³-hybridized carbons (Fsp3) is 0.174. The molecule has 0 atom stereocenters. The van der Waals surface area contributed by atoms with E-state index < -0.39 is 22.9 Å². The number of nitrogens with one attached hydrogen (secondary N) is 2. The van der Waals surface area contributed by atoms with Crippen LogP contribution in [-0.4, -0.2) is 27.8 Å². The van der Waals surface area contributed by atoms with Crippen LogP contribution in [0.25, 0.3) is 11.3 Å². The highest BCUT2D eigenvalue weighted by molar-refractivity contribution is 5.91. The van der Waals surface area contributed by atoms with Crippen molar-refractivity contribution in [2.75, 3.05) is 5.43 Å². The van der Waals surface area contributed by atoms with Crippen LogP contribution in [0.4, 0.5) is 10.3 Å². The summed E-state index contributed by atoms with van der Waals surface area (Å²) < 4.78 is 19.6. The molecule has 0 aliphatic heterocycles. The van der Waals surface area contributed by atoms with E-state index in [0.717, 1.165) is 6.07 Å². The van der Waals surface area contributed by atoms with Crippen molar-refractivity contribution in [1.82, 2.24) is 9.97 Å². The fourth-order valence-electron chi connectivity index (χ4n) is 2.69. The lowest BCUT2D eigenvalue weighted by atomic mass is 10.1. The third kappa shape index (κ3) is 5.43. The highest BCUT2D eigenvalue weighted by Gasteiger charge is 2.19. The standard InChI is InChI=1S/C23H20FN5O3/c1-23(2,3)32-21(31)15-9-10-16(18(24)11-15)13-26-29-22-27-19(14-7-5-4-6-8-14)17(12-25)20(30)28-22/h4-11,13H,1-3H3,(H2,27,28,29,30). The Labute approximate surface area is 183 Å². The predicted molar refractivity (Wildman–Crippen MR) is 118 cm³/mol. The van der Waals surface area contributed by atoms with Crippen molar-refractivity contribution in [2.24, 2.45) is 5.10 Å². The second-order valence-corrected chi connectivity index (χ2v) is 7.72. The topological polar surface area (TPSA) is 120 Å². The third-order valence-electron chi connectivity index (χ3n) is 4.09. The first-order valence-corrected chi connectivity index (χ1v) is 9.60. The smallest absolute Gasteiger partial charge is 0.338 e. The Hall–Kier alpha value is -4.32. The lowest BCUT2D eigenvalue weighted by Gasteiger charge is -2.19. The number of benzene rings is 2. The van der Waals surface area contributed by atoms with Gasteiger partial charge in [-0.3, -0.25) is 9.78 Å². The lowest BCUT2D eigenvalue weighted by Crippen LogP contribution is -2.24. The van der Waals surface area contributed by atoms with Crippen LogP contribution in [0.3, 0.4) is 0 Å². The first-order chi connectivity index (χ1) is 15.2. The van der Waals surface area contributed by atoms with Gasteiger partial charge in [0.15, 0.2) is 0 Å². The van der Waals surface area contributed by atoms with Gasteiger partial charge in [0.2, 0.25) is 5.95 Å². The molecule has 0 saturated carbocycles. The van der Waals surface area contributed by atoms with Crippen LogP contribution in [0.1, 0.15) is 42.3 Å². The average molecular weight is 433 g/mol. The molecule has 8 nitrogen and oxygen atoms in total. The van der Waals surface area contributed by atoms with Gasteiger partial charge in [-0.1, -0.05) is 30.3 Å². The van der Waals surface area contributed by atoms with Crippen molar-refractivity contribution >= 4 is 18.1 Å². The number of carbonyl (C=O) groups excluding carboxylic acids is 1. The molecule has 2 aromatic carbocycles. The quantitative estimate of drug-likeness (QED) is 0.358. The highest BCUT2D eigenvalue weighted by atomic mass is 19.1. The van der Waals surface area contributed by atoms with Crippen LogP contribution >= 0.6 is 0 Å². The number of nitriles is 1. The van der Waals surface area contributed by atoms with Gasteiger partial charge >= 0.3 is 5.97 Å². The second kappa shape index (κ2) is 9.22. The minimum absolute atomic E-state index is 0.0186. The third-order valence-corrected chi connectivity index (χ3v) is 4.09. The van der Waals surface area contributed by atoms with Crippen molar-refractivity contribution in [3.8, 4) is 17.3 Å². The number of rotatable bonds is 5. The minimum Gasteiger partial charge on any atom is -0.456 e.